The molecule has 12 heavy (non-hydrogen) atoms. The summed E-state index contributed by atoms with van der Waals surface area (Å²) >= 11 is 0. The van der Waals surface area contributed by atoms with Gasteiger partial charge in [-0.15, -0.1) is 0 Å². The predicted octanol–water partition coefficient (Wildman–Crippen LogP) is 0.586. The van der Waals surface area contributed by atoms with Crippen molar-refractivity contribution in [2.24, 2.45) is 4.99 Å². The minimum absolute atomic E-state index is 0.714. The van der Waals surface area contributed by atoms with Crippen LogP contribution in [-0.2, 0) is 0 Å². The molecule has 0 aliphatic heterocycles. The van der Waals surface area contributed by atoms with Crippen molar-refractivity contribution in [3.8, 4) is 0 Å². The van der Waals surface area contributed by atoms with Gasteiger partial charge in [-0.05, 0) is 6.20 Å². The number of aliphatic imine (C=N–C) groups is 1. The van der Waals surface area contributed by atoms with Crippen LogP contribution in [0.4, 0.5) is 0 Å². The Morgan fingerprint density at radius 3 is 2.75 bits per heavy atom. The van der Waals surface area contributed by atoms with Gasteiger partial charge in [0, 0.05) is 19.4 Å². The van der Waals surface area contributed by atoms with Gasteiger partial charge in [-0.2, -0.15) is 0 Å². The second-order valence-corrected chi connectivity index (χ2v) is 2.05. The summed E-state index contributed by atoms with van der Waals surface area (Å²) in [5, 5.41) is 2.88. The smallest absolute Gasteiger partial charge is 0.135 e. The number of hydrogen-bond acceptors (Lipinski definition) is 3. The third kappa shape index (κ3) is 1.88. The molecule has 0 saturated heterocycles. The van der Waals surface area contributed by atoms with E-state index in [2.05, 4.69) is 26.9 Å². The van der Waals surface area contributed by atoms with Crippen LogP contribution in [0.5, 0.6) is 0 Å². The highest BCUT2D eigenvalue weighted by molar-refractivity contribution is 5.98. The number of aromatic nitrogens is 2. The van der Waals surface area contributed by atoms with Gasteiger partial charge in [0.15, 0.2) is 0 Å². The molecule has 1 heterocycles. The van der Waals surface area contributed by atoms with Crippen LogP contribution in [0.2, 0.25) is 0 Å². The summed E-state index contributed by atoms with van der Waals surface area (Å²) in [7, 11) is 1.69. The minimum atomic E-state index is 0.714. The van der Waals surface area contributed by atoms with E-state index in [4.69, 9.17) is 0 Å². The topological polar surface area (TPSA) is 50.2 Å². The summed E-state index contributed by atoms with van der Waals surface area (Å²) in [6.07, 6.45) is 6.41. The van der Waals surface area contributed by atoms with E-state index >= 15 is 0 Å². The lowest BCUT2D eigenvalue weighted by atomic mass is 10.3. The average Bonchev–Trinajstić information content (AvgIpc) is 2.15. The summed E-state index contributed by atoms with van der Waals surface area (Å²) < 4.78 is 0. The van der Waals surface area contributed by atoms with Crippen molar-refractivity contribution in [3.05, 3.63) is 37.1 Å². The van der Waals surface area contributed by atoms with Gasteiger partial charge >= 0.3 is 0 Å². The van der Waals surface area contributed by atoms with Crippen LogP contribution in [0, 0.1) is 0 Å². The number of rotatable bonds is 2. The van der Waals surface area contributed by atoms with Crippen LogP contribution >= 0.6 is 0 Å². The molecule has 0 amide bonds. The Balaban J connectivity index is 2.88. The highest BCUT2D eigenvalue weighted by atomic mass is 15.0. The Bertz CT molecular complexity index is 278. The monoisotopic (exact) mass is 162 g/mol. The standard InChI is InChI=1S/C8H10N4/c1-3-12-8(9-2)7-4-10-6-11-5-7/h3-6H,1H2,2H3,(H,9,12). The van der Waals surface area contributed by atoms with Gasteiger partial charge in [-0.25, -0.2) is 9.97 Å². The van der Waals surface area contributed by atoms with E-state index in [0.717, 1.165) is 5.56 Å². The van der Waals surface area contributed by atoms with Gasteiger partial charge in [0.2, 0.25) is 0 Å². The van der Waals surface area contributed by atoms with E-state index in [1.165, 1.54) is 6.33 Å². The normalized spacial score (nSPS) is 10.9. The first-order valence-corrected chi connectivity index (χ1v) is 3.48. The molecule has 1 aromatic rings. The second-order valence-electron chi connectivity index (χ2n) is 2.05. The largest absolute Gasteiger partial charge is 0.347 e. The maximum Gasteiger partial charge on any atom is 0.135 e. The second kappa shape index (κ2) is 4.23. The molecule has 4 heteroatoms. The zero-order chi connectivity index (χ0) is 8.81. The van der Waals surface area contributed by atoms with Crippen LogP contribution in [-0.4, -0.2) is 22.9 Å². The van der Waals surface area contributed by atoms with Gasteiger partial charge < -0.3 is 5.32 Å². The molecule has 0 saturated carbocycles. The molecular weight excluding hydrogens is 152 g/mol. The van der Waals surface area contributed by atoms with Crippen molar-refractivity contribution in [2.75, 3.05) is 7.05 Å². The molecule has 1 aromatic heterocycles. The predicted molar refractivity (Wildman–Crippen MR) is 47.8 cm³/mol. The molecular formula is C8H10N4. The van der Waals surface area contributed by atoms with Crippen LogP contribution in [0.25, 0.3) is 0 Å². The lowest BCUT2D eigenvalue weighted by Crippen LogP contribution is -2.18. The molecule has 0 aliphatic carbocycles. The zero-order valence-electron chi connectivity index (χ0n) is 6.86. The number of nitrogens with zero attached hydrogens (tertiary/aromatic N) is 3. The molecule has 0 atom stereocenters. The molecule has 4 nitrogen and oxygen atoms in total. The third-order valence-electron chi connectivity index (χ3n) is 1.30. The highest BCUT2D eigenvalue weighted by Crippen LogP contribution is 1.93. The number of hydrogen-bond donors (Lipinski definition) is 1. The Labute approximate surface area is 71.1 Å². The number of amidine groups is 1. The molecule has 1 N–H and O–H groups in total. The number of nitrogens with one attached hydrogen (secondary N) is 1. The van der Waals surface area contributed by atoms with Crippen LogP contribution in [0.3, 0.4) is 0 Å². The fourth-order valence-corrected chi connectivity index (χ4v) is 0.795. The zero-order valence-corrected chi connectivity index (χ0v) is 6.86. The van der Waals surface area contributed by atoms with Crippen LogP contribution in [0.15, 0.2) is 36.5 Å². The third-order valence-corrected chi connectivity index (χ3v) is 1.30. The van der Waals surface area contributed by atoms with Crippen molar-refractivity contribution < 1.29 is 0 Å². The summed E-state index contributed by atoms with van der Waals surface area (Å²) in [5.74, 6) is 0.714. The van der Waals surface area contributed by atoms with Gasteiger partial charge in [-0.3, -0.25) is 4.99 Å². The van der Waals surface area contributed by atoms with Gasteiger partial charge in [0.25, 0.3) is 0 Å². The van der Waals surface area contributed by atoms with Gasteiger partial charge in [0.05, 0.1) is 5.56 Å². The SMILES string of the molecule is C=CNC(=NC)c1cncnc1. The Morgan fingerprint density at radius 2 is 2.25 bits per heavy atom. The maximum atomic E-state index is 4.00. The lowest BCUT2D eigenvalue weighted by molar-refractivity contribution is 1.13. The van der Waals surface area contributed by atoms with Crippen LogP contribution < -0.4 is 5.32 Å². The molecule has 0 aromatic carbocycles. The summed E-state index contributed by atoms with van der Waals surface area (Å²) in [6.45, 7) is 3.54. The Morgan fingerprint density at radius 1 is 1.58 bits per heavy atom. The highest BCUT2D eigenvalue weighted by Gasteiger charge is 1.98. The molecule has 0 fully saturated rings. The maximum absolute atomic E-state index is 4.00. The fraction of sp³-hybridized carbons (Fsp3) is 0.125. The molecule has 0 bridgehead atoms. The van der Waals surface area contributed by atoms with E-state index in [1.54, 1.807) is 25.6 Å². The fourth-order valence-electron chi connectivity index (χ4n) is 0.795. The summed E-state index contributed by atoms with van der Waals surface area (Å²) in [6, 6.07) is 0. The van der Waals surface area contributed by atoms with Gasteiger partial charge in [-0.1, -0.05) is 6.58 Å². The molecule has 0 unspecified atom stereocenters. The Kier molecular flexibility index (Phi) is 2.95. The first-order chi connectivity index (χ1) is 5.88. The Hall–Kier alpha value is -1.71. The molecule has 0 radical (unpaired) electrons. The van der Waals surface area contributed by atoms with Crippen LogP contribution in [0.1, 0.15) is 5.56 Å². The van der Waals surface area contributed by atoms with E-state index in [-0.39, 0.29) is 0 Å². The average molecular weight is 162 g/mol. The first kappa shape index (κ1) is 8.39. The van der Waals surface area contributed by atoms with Gasteiger partial charge in [0.1, 0.15) is 12.2 Å². The van der Waals surface area contributed by atoms with Crippen molar-refractivity contribution in [3.63, 3.8) is 0 Å². The molecule has 62 valence electrons. The molecule has 0 spiro atoms. The van der Waals surface area contributed by atoms with Crippen molar-refractivity contribution in [2.45, 2.75) is 0 Å². The van der Waals surface area contributed by atoms with E-state index in [0.29, 0.717) is 5.84 Å². The summed E-state index contributed by atoms with van der Waals surface area (Å²) in [5.41, 5.74) is 0.847. The molecule has 0 aliphatic rings. The van der Waals surface area contributed by atoms with Crippen molar-refractivity contribution in [1.82, 2.24) is 15.3 Å². The summed E-state index contributed by atoms with van der Waals surface area (Å²) in [4.78, 5) is 11.7. The minimum Gasteiger partial charge on any atom is -0.347 e. The quantitative estimate of drug-likeness (QED) is 0.511. The van der Waals surface area contributed by atoms with Crippen molar-refractivity contribution >= 4 is 5.84 Å². The molecule has 1 rings (SSSR count). The van der Waals surface area contributed by atoms with E-state index in [1.807, 2.05) is 0 Å². The van der Waals surface area contributed by atoms with Crippen molar-refractivity contribution in [1.29, 1.82) is 0 Å². The lowest BCUT2D eigenvalue weighted by Gasteiger charge is -2.02. The first-order valence-electron chi connectivity index (χ1n) is 3.48. The van der Waals surface area contributed by atoms with E-state index < -0.39 is 0 Å². The van der Waals surface area contributed by atoms with E-state index in [9.17, 15) is 0 Å².